The van der Waals surface area contributed by atoms with Crippen LogP contribution in [0.1, 0.15) is 24.2 Å². The highest BCUT2D eigenvalue weighted by Crippen LogP contribution is 2.13. The molecule has 0 fully saturated rings. The number of ether oxygens (including phenoxy) is 1. The minimum Gasteiger partial charge on any atom is -0.492 e. The molecule has 5 nitrogen and oxygen atoms in total. The second kappa shape index (κ2) is 7.76. The average molecular weight is 267 g/mol. The molecule has 0 aliphatic rings. The van der Waals surface area contributed by atoms with Crippen molar-refractivity contribution in [1.29, 1.82) is 0 Å². The lowest BCUT2D eigenvalue weighted by molar-refractivity contribution is 0.0696. The normalized spacial score (nSPS) is 13.8. The van der Waals surface area contributed by atoms with Gasteiger partial charge < -0.3 is 20.3 Å². The largest absolute Gasteiger partial charge is 0.492 e. The Balaban J connectivity index is 2.33. The standard InChI is InChI=1S/C14H21NO4/c1-10(9-16)11(2)15-6-7-19-13-5-3-4-12(8-13)14(17)18/h3-5,8,10-11,15-16H,6-7,9H2,1-2H3,(H,17,18). The van der Waals surface area contributed by atoms with Gasteiger partial charge in [0.1, 0.15) is 12.4 Å². The summed E-state index contributed by atoms with van der Waals surface area (Å²) in [4.78, 5) is 10.8. The third-order valence-electron chi connectivity index (χ3n) is 3.06. The van der Waals surface area contributed by atoms with Crippen molar-refractivity contribution >= 4 is 5.97 Å². The molecule has 19 heavy (non-hydrogen) atoms. The van der Waals surface area contributed by atoms with E-state index in [1.807, 2.05) is 13.8 Å². The summed E-state index contributed by atoms with van der Waals surface area (Å²) in [6.45, 7) is 5.21. The third-order valence-corrected chi connectivity index (χ3v) is 3.06. The van der Waals surface area contributed by atoms with E-state index in [-0.39, 0.29) is 24.1 Å². The van der Waals surface area contributed by atoms with Gasteiger partial charge in [-0.1, -0.05) is 13.0 Å². The summed E-state index contributed by atoms with van der Waals surface area (Å²) in [5.41, 5.74) is 0.215. The fourth-order valence-electron chi connectivity index (χ4n) is 1.53. The molecule has 1 aromatic carbocycles. The zero-order valence-corrected chi connectivity index (χ0v) is 11.3. The van der Waals surface area contributed by atoms with Crippen molar-refractivity contribution in [2.75, 3.05) is 19.8 Å². The molecule has 1 rings (SSSR count). The summed E-state index contributed by atoms with van der Waals surface area (Å²) in [6.07, 6.45) is 0. The van der Waals surface area contributed by atoms with Gasteiger partial charge in [0.2, 0.25) is 0 Å². The zero-order chi connectivity index (χ0) is 14.3. The van der Waals surface area contributed by atoms with E-state index >= 15 is 0 Å². The summed E-state index contributed by atoms with van der Waals surface area (Å²) >= 11 is 0. The van der Waals surface area contributed by atoms with E-state index in [2.05, 4.69) is 5.32 Å². The number of carboxylic acids is 1. The lowest BCUT2D eigenvalue weighted by atomic mass is 10.1. The first-order valence-electron chi connectivity index (χ1n) is 6.35. The zero-order valence-electron chi connectivity index (χ0n) is 11.3. The first-order valence-corrected chi connectivity index (χ1v) is 6.35. The van der Waals surface area contributed by atoms with Gasteiger partial charge >= 0.3 is 5.97 Å². The topological polar surface area (TPSA) is 78.8 Å². The minimum absolute atomic E-state index is 0.148. The van der Waals surface area contributed by atoms with Gasteiger partial charge in [0.25, 0.3) is 0 Å². The maximum atomic E-state index is 10.8. The maximum absolute atomic E-state index is 10.8. The highest BCUT2D eigenvalue weighted by Gasteiger charge is 2.09. The number of carboxylic acid groups (broad SMARTS) is 1. The Hall–Kier alpha value is -1.59. The average Bonchev–Trinajstić information content (AvgIpc) is 2.42. The fraction of sp³-hybridized carbons (Fsp3) is 0.500. The van der Waals surface area contributed by atoms with Gasteiger partial charge in [-0.3, -0.25) is 0 Å². The molecule has 0 aromatic heterocycles. The number of benzene rings is 1. The highest BCUT2D eigenvalue weighted by atomic mass is 16.5. The minimum atomic E-state index is -0.964. The van der Waals surface area contributed by atoms with E-state index in [1.165, 1.54) is 12.1 Å². The van der Waals surface area contributed by atoms with Crippen molar-refractivity contribution in [2.45, 2.75) is 19.9 Å². The van der Waals surface area contributed by atoms with Gasteiger partial charge in [0, 0.05) is 19.2 Å². The number of nitrogens with one attached hydrogen (secondary N) is 1. The van der Waals surface area contributed by atoms with Gasteiger partial charge in [0.05, 0.1) is 5.56 Å². The molecule has 0 saturated heterocycles. The van der Waals surface area contributed by atoms with Crippen LogP contribution in [0.2, 0.25) is 0 Å². The molecule has 0 heterocycles. The van der Waals surface area contributed by atoms with E-state index in [9.17, 15) is 4.79 Å². The summed E-state index contributed by atoms with van der Waals surface area (Å²) in [7, 11) is 0. The fourth-order valence-corrected chi connectivity index (χ4v) is 1.53. The summed E-state index contributed by atoms with van der Waals surface area (Å²) in [5.74, 6) is -0.228. The van der Waals surface area contributed by atoms with Gasteiger partial charge in [-0.05, 0) is 31.0 Å². The molecule has 0 aliphatic heterocycles. The first kappa shape index (κ1) is 15.5. The van der Waals surface area contributed by atoms with E-state index in [4.69, 9.17) is 14.9 Å². The van der Waals surface area contributed by atoms with Crippen molar-refractivity contribution in [3.63, 3.8) is 0 Å². The summed E-state index contributed by atoms with van der Waals surface area (Å²) in [5, 5.41) is 21.1. The van der Waals surface area contributed by atoms with Crippen LogP contribution in [0.4, 0.5) is 0 Å². The lowest BCUT2D eigenvalue weighted by Crippen LogP contribution is -2.36. The van der Waals surface area contributed by atoms with Crippen LogP contribution in [0.25, 0.3) is 0 Å². The number of aliphatic hydroxyl groups is 1. The smallest absolute Gasteiger partial charge is 0.335 e. The predicted molar refractivity (Wildman–Crippen MR) is 72.6 cm³/mol. The lowest BCUT2D eigenvalue weighted by Gasteiger charge is -2.19. The molecule has 0 spiro atoms. The Labute approximate surface area is 113 Å². The Morgan fingerprint density at radius 2 is 2.16 bits per heavy atom. The highest BCUT2D eigenvalue weighted by molar-refractivity contribution is 5.87. The molecular weight excluding hydrogens is 246 g/mol. The summed E-state index contributed by atoms with van der Waals surface area (Å²) < 4.78 is 5.47. The van der Waals surface area contributed by atoms with Crippen LogP contribution in [-0.4, -0.2) is 42.0 Å². The van der Waals surface area contributed by atoms with Crippen LogP contribution in [0.3, 0.4) is 0 Å². The van der Waals surface area contributed by atoms with Crippen molar-refractivity contribution in [3.8, 4) is 5.75 Å². The molecule has 0 saturated carbocycles. The van der Waals surface area contributed by atoms with Gasteiger partial charge in [0.15, 0.2) is 0 Å². The Morgan fingerprint density at radius 3 is 2.79 bits per heavy atom. The van der Waals surface area contributed by atoms with Crippen molar-refractivity contribution in [1.82, 2.24) is 5.32 Å². The quantitative estimate of drug-likeness (QED) is 0.620. The van der Waals surface area contributed by atoms with Crippen LogP contribution in [0.5, 0.6) is 5.75 Å². The second-order valence-corrected chi connectivity index (χ2v) is 4.58. The molecular formula is C14H21NO4. The number of carbonyl (C=O) groups is 1. The van der Waals surface area contributed by atoms with Gasteiger partial charge in [-0.15, -0.1) is 0 Å². The molecule has 0 bridgehead atoms. The predicted octanol–water partition coefficient (Wildman–Crippen LogP) is 1.37. The number of hydrogen-bond acceptors (Lipinski definition) is 4. The van der Waals surface area contributed by atoms with Gasteiger partial charge in [-0.2, -0.15) is 0 Å². The van der Waals surface area contributed by atoms with E-state index in [0.29, 0.717) is 18.9 Å². The molecule has 0 amide bonds. The van der Waals surface area contributed by atoms with Crippen LogP contribution >= 0.6 is 0 Å². The number of aliphatic hydroxyl groups excluding tert-OH is 1. The molecule has 0 aliphatic carbocycles. The Kier molecular flexibility index (Phi) is 6.32. The number of rotatable bonds is 8. The summed E-state index contributed by atoms with van der Waals surface area (Å²) in [6, 6.07) is 6.62. The van der Waals surface area contributed by atoms with Crippen LogP contribution in [0.15, 0.2) is 24.3 Å². The van der Waals surface area contributed by atoms with Crippen LogP contribution < -0.4 is 10.1 Å². The van der Waals surface area contributed by atoms with E-state index in [0.717, 1.165) is 0 Å². The number of hydrogen-bond donors (Lipinski definition) is 3. The molecule has 0 radical (unpaired) electrons. The molecule has 2 atom stereocenters. The molecule has 106 valence electrons. The van der Waals surface area contributed by atoms with E-state index in [1.54, 1.807) is 12.1 Å². The molecule has 3 N–H and O–H groups in total. The SMILES string of the molecule is CC(CO)C(C)NCCOc1cccc(C(=O)O)c1. The van der Waals surface area contributed by atoms with Crippen molar-refractivity contribution in [3.05, 3.63) is 29.8 Å². The van der Waals surface area contributed by atoms with Crippen molar-refractivity contribution in [2.24, 2.45) is 5.92 Å². The maximum Gasteiger partial charge on any atom is 0.335 e. The van der Waals surface area contributed by atoms with Crippen LogP contribution in [0, 0.1) is 5.92 Å². The Bertz CT molecular complexity index is 408. The molecule has 1 aromatic rings. The van der Waals surface area contributed by atoms with Gasteiger partial charge in [-0.25, -0.2) is 4.79 Å². The molecule has 5 heteroatoms. The first-order chi connectivity index (χ1) is 9.04. The Morgan fingerprint density at radius 1 is 1.42 bits per heavy atom. The monoisotopic (exact) mass is 267 g/mol. The second-order valence-electron chi connectivity index (χ2n) is 4.58. The third kappa shape index (κ3) is 5.28. The van der Waals surface area contributed by atoms with Crippen molar-refractivity contribution < 1.29 is 19.7 Å². The van der Waals surface area contributed by atoms with Crippen LogP contribution in [-0.2, 0) is 0 Å². The number of aromatic carboxylic acids is 1. The van der Waals surface area contributed by atoms with E-state index < -0.39 is 5.97 Å². The molecule has 2 unspecified atom stereocenters.